The summed E-state index contributed by atoms with van der Waals surface area (Å²) in [7, 11) is 0. The molecule has 22 heavy (non-hydrogen) atoms. The highest BCUT2D eigenvalue weighted by atomic mass is 19.3. The average molecular weight is 314 g/mol. The summed E-state index contributed by atoms with van der Waals surface area (Å²) in [5.41, 5.74) is 5.37. The fraction of sp³-hybridized carbons (Fsp3) is 0.571. The second-order valence-corrected chi connectivity index (χ2v) is 5.10. The molecule has 0 aliphatic carbocycles. The van der Waals surface area contributed by atoms with Crippen molar-refractivity contribution in [2.75, 3.05) is 31.1 Å². The van der Waals surface area contributed by atoms with Crippen molar-refractivity contribution < 1.29 is 18.3 Å². The summed E-state index contributed by atoms with van der Waals surface area (Å²) in [6.07, 6.45) is 2.96. The molecule has 0 aromatic carbocycles. The lowest BCUT2D eigenvalue weighted by molar-refractivity contribution is -0.125. The first-order valence-corrected chi connectivity index (χ1v) is 7.23. The van der Waals surface area contributed by atoms with Gasteiger partial charge in [-0.15, -0.1) is 0 Å². The summed E-state index contributed by atoms with van der Waals surface area (Å²) in [6.45, 7) is -0.651. The Balaban J connectivity index is 1.95. The van der Waals surface area contributed by atoms with Crippen LogP contribution in [0, 0.1) is 5.92 Å². The first-order chi connectivity index (χ1) is 10.6. The van der Waals surface area contributed by atoms with Gasteiger partial charge in [-0.2, -0.15) is 8.78 Å². The SMILES string of the molecule is NCCNC(=O)C1CCCN(c2ccc(OC(F)F)cn2)C1. The molecule has 0 saturated carbocycles. The third-order valence-electron chi connectivity index (χ3n) is 3.51. The average Bonchev–Trinajstić information content (AvgIpc) is 2.53. The van der Waals surface area contributed by atoms with E-state index in [-0.39, 0.29) is 17.6 Å². The number of carbonyl (C=O) groups excluding carboxylic acids is 1. The molecule has 0 radical (unpaired) electrons. The van der Waals surface area contributed by atoms with Crippen molar-refractivity contribution in [3.63, 3.8) is 0 Å². The molecule has 1 aromatic heterocycles. The zero-order valence-corrected chi connectivity index (χ0v) is 12.2. The van der Waals surface area contributed by atoms with E-state index in [1.54, 1.807) is 6.07 Å². The number of amides is 1. The minimum atomic E-state index is -2.86. The minimum Gasteiger partial charge on any atom is -0.433 e. The smallest absolute Gasteiger partial charge is 0.387 e. The highest BCUT2D eigenvalue weighted by molar-refractivity contribution is 5.79. The largest absolute Gasteiger partial charge is 0.433 e. The molecule has 1 unspecified atom stereocenters. The van der Waals surface area contributed by atoms with Gasteiger partial charge in [0.05, 0.1) is 12.1 Å². The van der Waals surface area contributed by atoms with Gasteiger partial charge in [0.2, 0.25) is 5.91 Å². The fourth-order valence-corrected chi connectivity index (χ4v) is 2.47. The number of pyridine rings is 1. The van der Waals surface area contributed by atoms with Crippen molar-refractivity contribution in [1.82, 2.24) is 10.3 Å². The zero-order chi connectivity index (χ0) is 15.9. The van der Waals surface area contributed by atoms with E-state index < -0.39 is 6.61 Å². The number of hydrogen-bond acceptors (Lipinski definition) is 5. The predicted octanol–water partition coefficient (Wildman–Crippen LogP) is 0.974. The minimum absolute atomic E-state index is 0.00666. The molecule has 1 aliphatic rings. The summed E-state index contributed by atoms with van der Waals surface area (Å²) in [5, 5.41) is 2.79. The molecular formula is C14H20F2N4O2. The van der Waals surface area contributed by atoms with Crippen LogP contribution < -0.4 is 20.7 Å². The monoisotopic (exact) mass is 314 g/mol. The molecule has 1 atom stereocenters. The molecule has 1 fully saturated rings. The quantitative estimate of drug-likeness (QED) is 0.818. The van der Waals surface area contributed by atoms with Crippen LogP contribution in [0.1, 0.15) is 12.8 Å². The van der Waals surface area contributed by atoms with E-state index in [1.807, 2.05) is 4.90 Å². The number of nitrogens with one attached hydrogen (secondary N) is 1. The van der Waals surface area contributed by atoms with Gasteiger partial charge in [-0.25, -0.2) is 4.98 Å². The number of piperidine rings is 1. The van der Waals surface area contributed by atoms with Crippen LogP contribution in [0.2, 0.25) is 0 Å². The van der Waals surface area contributed by atoms with Crippen LogP contribution in [-0.2, 0) is 4.79 Å². The Labute approximate surface area is 127 Å². The fourth-order valence-electron chi connectivity index (χ4n) is 2.47. The number of anilines is 1. The Kier molecular flexibility index (Phi) is 5.88. The van der Waals surface area contributed by atoms with Crippen molar-refractivity contribution in [3.8, 4) is 5.75 Å². The van der Waals surface area contributed by atoms with E-state index >= 15 is 0 Å². The number of halogens is 2. The lowest BCUT2D eigenvalue weighted by Gasteiger charge is -2.32. The van der Waals surface area contributed by atoms with Gasteiger partial charge in [0.1, 0.15) is 11.6 Å². The maximum absolute atomic E-state index is 12.1. The molecule has 1 aliphatic heterocycles. The van der Waals surface area contributed by atoms with E-state index in [0.717, 1.165) is 19.4 Å². The molecule has 0 spiro atoms. The van der Waals surface area contributed by atoms with Crippen LogP contribution in [0.4, 0.5) is 14.6 Å². The summed E-state index contributed by atoms with van der Waals surface area (Å²) in [5.74, 6) is 0.554. The Morgan fingerprint density at radius 1 is 1.55 bits per heavy atom. The highest BCUT2D eigenvalue weighted by Crippen LogP contribution is 2.23. The summed E-state index contributed by atoms with van der Waals surface area (Å²) >= 11 is 0. The molecule has 1 saturated heterocycles. The first-order valence-electron chi connectivity index (χ1n) is 7.23. The van der Waals surface area contributed by atoms with Gasteiger partial charge in [0.15, 0.2) is 0 Å². The molecule has 8 heteroatoms. The number of carbonyl (C=O) groups is 1. The molecule has 1 amide bonds. The Hall–Kier alpha value is -1.96. The van der Waals surface area contributed by atoms with Crippen molar-refractivity contribution in [2.24, 2.45) is 11.7 Å². The van der Waals surface area contributed by atoms with E-state index in [4.69, 9.17) is 5.73 Å². The van der Waals surface area contributed by atoms with Gasteiger partial charge in [-0.05, 0) is 25.0 Å². The second kappa shape index (κ2) is 7.88. The lowest BCUT2D eigenvalue weighted by Crippen LogP contribution is -2.44. The first kappa shape index (κ1) is 16.4. The molecule has 1 aromatic rings. The van der Waals surface area contributed by atoms with Gasteiger partial charge in [-0.1, -0.05) is 0 Å². The van der Waals surface area contributed by atoms with Crippen LogP contribution in [0.3, 0.4) is 0 Å². The number of aromatic nitrogens is 1. The molecule has 3 N–H and O–H groups in total. The Morgan fingerprint density at radius 3 is 3.00 bits per heavy atom. The number of hydrogen-bond donors (Lipinski definition) is 2. The predicted molar refractivity (Wildman–Crippen MR) is 77.9 cm³/mol. The van der Waals surface area contributed by atoms with Crippen molar-refractivity contribution >= 4 is 11.7 Å². The van der Waals surface area contributed by atoms with Crippen molar-refractivity contribution in [1.29, 1.82) is 0 Å². The van der Waals surface area contributed by atoms with Gasteiger partial charge in [-0.3, -0.25) is 4.79 Å². The molecule has 6 nitrogen and oxygen atoms in total. The maximum atomic E-state index is 12.1. The Bertz CT molecular complexity index is 484. The number of rotatable bonds is 6. The van der Waals surface area contributed by atoms with Crippen molar-refractivity contribution in [3.05, 3.63) is 18.3 Å². The molecular weight excluding hydrogens is 294 g/mol. The highest BCUT2D eigenvalue weighted by Gasteiger charge is 2.26. The van der Waals surface area contributed by atoms with E-state index in [0.29, 0.717) is 25.5 Å². The summed E-state index contributed by atoms with van der Waals surface area (Å²) in [6, 6.07) is 3.07. The zero-order valence-electron chi connectivity index (χ0n) is 12.2. The molecule has 122 valence electrons. The second-order valence-electron chi connectivity index (χ2n) is 5.10. The molecule has 2 rings (SSSR count). The van der Waals surface area contributed by atoms with E-state index in [2.05, 4.69) is 15.0 Å². The number of nitrogens with two attached hydrogens (primary N) is 1. The maximum Gasteiger partial charge on any atom is 0.387 e. The van der Waals surface area contributed by atoms with Crippen LogP contribution in [0.5, 0.6) is 5.75 Å². The van der Waals surface area contributed by atoms with E-state index in [9.17, 15) is 13.6 Å². The lowest BCUT2D eigenvalue weighted by atomic mass is 9.97. The number of ether oxygens (including phenoxy) is 1. The molecule has 0 bridgehead atoms. The van der Waals surface area contributed by atoms with Crippen LogP contribution in [-0.4, -0.2) is 43.7 Å². The van der Waals surface area contributed by atoms with Gasteiger partial charge in [0, 0.05) is 26.2 Å². The third kappa shape index (κ3) is 4.52. The van der Waals surface area contributed by atoms with Crippen molar-refractivity contribution in [2.45, 2.75) is 19.5 Å². The topological polar surface area (TPSA) is 80.5 Å². The van der Waals surface area contributed by atoms with E-state index in [1.165, 1.54) is 12.3 Å². The van der Waals surface area contributed by atoms with Crippen LogP contribution in [0.15, 0.2) is 18.3 Å². The number of nitrogens with zero attached hydrogens (tertiary/aromatic N) is 2. The van der Waals surface area contributed by atoms with Crippen LogP contribution in [0.25, 0.3) is 0 Å². The van der Waals surface area contributed by atoms with Crippen LogP contribution >= 0.6 is 0 Å². The van der Waals surface area contributed by atoms with Gasteiger partial charge in [0.25, 0.3) is 0 Å². The van der Waals surface area contributed by atoms with Gasteiger partial charge < -0.3 is 20.7 Å². The summed E-state index contributed by atoms with van der Waals surface area (Å²) < 4.78 is 28.5. The van der Waals surface area contributed by atoms with Gasteiger partial charge >= 0.3 is 6.61 Å². The third-order valence-corrected chi connectivity index (χ3v) is 3.51. The standard InChI is InChI=1S/C14H20F2N4O2/c15-14(16)22-11-3-4-12(19-8-11)20-7-1-2-10(9-20)13(21)18-6-5-17/h3-4,8,10,14H,1-2,5-7,9,17H2,(H,18,21). The molecule has 2 heterocycles. The normalized spacial score (nSPS) is 18.4. The Morgan fingerprint density at radius 2 is 2.36 bits per heavy atom. The number of alkyl halides is 2. The summed E-state index contributed by atoms with van der Waals surface area (Å²) in [4.78, 5) is 18.1.